The summed E-state index contributed by atoms with van der Waals surface area (Å²) in [7, 11) is -1.83. The molecular formula is C8H8BNO3. The van der Waals surface area contributed by atoms with Crippen LogP contribution >= 0.6 is 0 Å². The average Bonchev–Trinajstić information content (AvgIpc) is 2.04. The Morgan fingerprint density at radius 3 is 2.85 bits per heavy atom. The molecule has 2 N–H and O–H groups in total. The number of rotatable bonds is 2. The van der Waals surface area contributed by atoms with Crippen LogP contribution in [0.15, 0.2) is 18.5 Å². The van der Waals surface area contributed by atoms with Crippen molar-refractivity contribution >= 4 is 7.32 Å². The molecule has 0 fully saturated rings. The molecule has 0 amide bonds. The molecule has 0 aliphatic rings. The lowest BCUT2D eigenvalue weighted by atomic mass is 10.2. The van der Waals surface area contributed by atoms with E-state index < -0.39 is 7.32 Å². The SMILES string of the molecule is CC#Cc1cncc(OB(O)O)c1. The van der Waals surface area contributed by atoms with Gasteiger partial charge in [0.2, 0.25) is 0 Å². The van der Waals surface area contributed by atoms with Crippen molar-refractivity contribution in [1.29, 1.82) is 0 Å². The lowest BCUT2D eigenvalue weighted by Crippen LogP contribution is -2.20. The van der Waals surface area contributed by atoms with Gasteiger partial charge in [-0.25, -0.2) is 0 Å². The van der Waals surface area contributed by atoms with E-state index in [1.807, 2.05) is 0 Å². The number of hydrogen-bond donors (Lipinski definition) is 2. The van der Waals surface area contributed by atoms with E-state index in [4.69, 9.17) is 10.0 Å². The van der Waals surface area contributed by atoms with Crippen LogP contribution in [0.1, 0.15) is 12.5 Å². The Balaban J connectivity index is 2.83. The maximum atomic E-state index is 8.50. The third-order valence-electron chi connectivity index (χ3n) is 1.22. The average molecular weight is 177 g/mol. The van der Waals surface area contributed by atoms with Gasteiger partial charge in [0.05, 0.1) is 6.20 Å². The summed E-state index contributed by atoms with van der Waals surface area (Å²) < 4.78 is 4.58. The second-order valence-corrected chi connectivity index (χ2v) is 2.23. The molecule has 0 unspecified atom stereocenters. The summed E-state index contributed by atoms with van der Waals surface area (Å²) in [5.41, 5.74) is 0.667. The minimum absolute atomic E-state index is 0.273. The van der Waals surface area contributed by atoms with Crippen molar-refractivity contribution in [2.45, 2.75) is 6.92 Å². The van der Waals surface area contributed by atoms with E-state index in [-0.39, 0.29) is 5.75 Å². The van der Waals surface area contributed by atoms with Crippen LogP contribution in [0.2, 0.25) is 0 Å². The van der Waals surface area contributed by atoms with Gasteiger partial charge in [-0.3, -0.25) is 4.98 Å². The molecule has 0 bridgehead atoms. The van der Waals surface area contributed by atoms with Gasteiger partial charge in [-0.15, -0.1) is 5.92 Å². The Morgan fingerprint density at radius 2 is 2.23 bits per heavy atom. The highest BCUT2D eigenvalue weighted by atomic mass is 16.6. The summed E-state index contributed by atoms with van der Waals surface area (Å²) in [5, 5.41) is 17.0. The van der Waals surface area contributed by atoms with E-state index in [0.29, 0.717) is 5.56 Å². The maximum absolute atomic E-state index is 8.50. The highest BCUT2D eigenvalue weighted by molar-refractivity contribution is 6.33. The summed E-state index contributed by atoms with van der Waals surface area (Å²) in [4.78, 5) is 3.81. The normalized spacial score (nSPS) is 8.54. The van der Waals surface area contributed by atoms with Crippen LogP contribution in [0.25, 0.3) is 0 Å². The fraction of sp³-hybridized carbons (Fsp3) is 0.125. The number of hydrogen-bond acceptors (Lipinski definition) is 4. The van der Waals surface area contributed by atoms with Crippen LogP contribution in [0.5, 0.6) is 5.75 Å². The van der Waals surface area contributed by atoms with Crippen molar-refractivity contribution in [3.8, 4) is 17.6 Å². The topological polar surface area (TPSA) is 62.6 Å². The van der Waals surface area contributed by atoms with Gasteiger partial charge < -0.3 is 14.7 Å². The Kier molecular flexibility index (Phi) is 3.32. The van der Waals surface area contributed by atoms with Gasteiger partial charge in [0.25, 0.3) is 0 Å². The predicted octanol–water partition coefficient (Wildman–Crippen LogP) is -0.199. The van der Waals surface area contributed by atoms with Crippen LogP contribution in [0, 0.1) is 11.8 Å². The molecule has 13 heavy (non-hydrogen) atoms. The Hall–Kier alpha value is -1.51. The third kappa shape index (κ3) is 3.15. The van der Waals surface area contributed by atoms with Crippen molar-refractivity contribution in [2.75, 3.05) is 0 Å². The second-order valence-electron chi connectivity index (χ2n) is 2.23. The molecule has 1 aromatic heterocycles. The van der Waals surface area contributed by atoms with E-state index in [1.54, 1.807) is 19.2 Å². The summed E-state index contributed by atoms with van der Waals surface area (Å²) in [6.45, 7) is 1.70. The fourth-order valence-electron chi connectivity index (χ4n) is 0.818. The standard InChI is InChI=1S/C8H8BNO3/c1-2-3-7-4-8(6-10-5-7)13-9(11)12/h4-6,11-12H,1H3. The predicted molar refractivity (Wildman–Crippen MR) is 47.6 cm³/mol. The molecule has 0 saturated carbocycles. The quantitative estimate of drug-likeness (QED) is 0.485. The van der Waals surface area contributed by atoms with Crippen molar-refractivity contribution in [3.05, 3.63) is 24.0 Å². The lowest BCUT2D eigenvalue weighted by Gasteiger charge is -2.02. The summed E-state index contributed by atoms with van der Waals surface area (Å²) >= 11 is 0. The van der Waals surface area contributed by atoms with Crippen molar-refractivity contribution in [2.24, 2.45) is 0 Å². The number of nitrogens with zero attached hydrogens (tertiary/aromatic N) is 1. The summed E-state index contributed by atoms with van der Waals surface area (Å²) in [6.07, 6.45) is 2.94. The van der Waals surface area contributed by atoms with Gasteiger partial charge in [-0.1, -0.05) is 5.92 Å². The molecule has 0 aromatic carbocycles. The third-order valence-corrected chi connectivity index (χ3v) is 1.22. The monoisotopic (exact) mass is 177 g/mol. The highest BCUT2D eigenvalue weighted by Gasteiger charge is 2.10. The Bertz CT molecular complexity index is 343. The molecule has 0 aliphatic carbocycles. The minimum Gasteiger partial charge on any atom is -0.511 e. The smallest absolute Gasteiger partial charge is 0.511 e. The molecule has 1 heterocycles. The van der Waals surface area contributed by atoms with Crippen LogP contribution < -0.4 is 4.65 Å². The van der Waals surface area contributed by atoms with Gasteiger partial charge in [-0.2, -0.15) is 0 Å². The summed E-state index contributed by atoms with van der Waals surface area (Å²) in [6, 6.07) is 1.57. The lowest BCUT2D eigenvalue weighted by molar-refractivity contribution is 0.287. The van der Waals surface area contributed by atoms with E-state index in [0.717, 1.165) is 0 Å². The van der Waals surface area contributed by atoms with Gasteiger partial charge >= 0.3 is 7.32 Å². The number of aromatic nitrogens is 1. The largest absolute Gasteiger partial charge is 0.707 e. The summed E-state index contributed by atoms with van der Waals surface area (Å²) in [5.74, 6) is 5.73. The van der Waals surface area contributed by atoms with Crippen LogP contribution in [-0.2, 0) is 0 Å². The molecule has 66 valence electrons. The molecule has 5 heteroatoms. The zero-order chi connectivity index (χ0) is 9.68. The number of pyridine rings is 1. The van der Waals surface area contributed by atoms with Crippen molar-refractivity contribution in [1.82, 2.24) is 4.98 Å². The van der Waals surface area contributed by atoms with Gasteiger partial charge in [0, 0.05) is 11.8 Å². The van der Waals surface area contributed by atoms with Gasteiger partial charge in [0.15, 0.2) is 0 Å². The first-order chi connectivity index (χ1) is 6.22. The van der Waals surface area contributed by atoms with Crippen LogP contribution in [0.3, 0.4) is 0 Å². The first-order valence-electron chi connectivity index (χ1n) is 3.63. The van der Waals surface area contributed by atoms with E-state index in [1.165, 1.54) is 6.20 Å². The zero-order valence-corrected chi connectivity index (χ0v) is 7.06. The maximum Gasteiger partial charge on any atom is 0.707 e. The van der Waals surface area contributed by atoms with Gasteiger partial charge in [0.1, 0.15) is 5.75 Å². The molecule has 1 rings (SSSR count). The molecule has 0 atom stereocenters. The van der Waals surface area contributed by atoms with E-state index in [9.17, 15) is 0 Å². The Morgan fingerprint density at radius 1 is 1.46 bits per heavy atom. The molecule has 0 aliphatic heterocycles. The van der Waals surface area contributed by atoms with Crippen molar-refractivity contribution in [3.63, 3.8) is 0 Å². The van der Waals surface area contributed by atoms with Crippen LogP contribution in [0.4, 0.5) is 0 Å². The highest BCUT2D eigenvalue weighted by Crippen LogP contribution is 2.10. The molecular weight excluding hydrogens is 169 g/mol. The molecule has 4 nitrogen and oxygen atoms in total. The van der Waals surface area contributed by atoms with Crippen LogP contribution in [-0.4, -0.2) is 22.4 Å². The zero-order valence-electron chi connectivity index (χ0n) is 7.06. The molecule has 0 radical (unpaired) electrons. The molecule has 0 spiro atoms. The Labute approximate surface area is 76.4 Å². The van der Waals surface area contributed by atoms with E-state index >= 15 is 0 Å². The molecule has 0 saturated heterocycles. The minimum atomic E-state index is -1.83. The second kappa shape index (κ2) is 4.50. The van der Waals surface area contributed by atoms with Crippen molar-refractivity contribution < 1.29 is 14.7 Å². The molecule has 1 aromatic rings. The first kappa shape index (κ1) is 9.58. The van der Waals surface area contributed by atoms with Gasteiger partial charge in [-0.05, 0) is 13.0 Å². The van der Waals surface area contributed by atoms with E-state index in [2.05, 4.69) is 21.5 Å². The first-order valence-corrected chi connectivity index (χ1v) is 3.63. The fourth-order valence-corrected chi connectivity index (χ4v) is 0.818.